The highest BCUT2D eigenvalue weighted by atomic mass is 16.7. The molecule has 0 spiro atoms. The first kappa shape index (κ1) is 9.01. The Balaban J connectivity index is 2.23. The fourth-order valence-electron chi connectivity index (χ4n) is 1.37. The second kappa shape index (κ2) is 4.07. The summed E-state index contributed by atoms with van der Waals surface area (Å²) in [5, 5.41) is 0. The maximum Gasteiger partial charge on any atom is 0.158 e. The van der Waals surface area contributed by atoms with Gasteiger partial charge in [-0.15, -0.1) is 0 Å². The summed E-state index contributed by atoms with van der Waals surface area (Å²) in [6, 6.07) is 0. The first-order chi connectivity index (χ1) is 5.18. The predicted molar refractivity (Wildman–Crippen MR) is 44.4 cm³/mol. The van der Waals surface area contributed by atoms with E-state index in [0.717, 1.165) is 6.42 Å². The quantitative estimate of drug-likeness (QED) is 0.614. The van der Waals surface area contributed by atoms with E-state index in [9.17, 15) is 0 Å². The molecule has 2 atom stereocenters. The van der Waals surface area contributed by atoms with Crippen molar-refractivity contribution < 1.29 is 9.47 Å². The Kier molecular flexibility index (Phi) is 3.34. The molecule has 1 fully saturated rings. The molecule has 2 nitrogen and oxygen atoms in total. The largest absolute Gasteiger partial charge is 0.350 e. The van der Waals surface area contributed by atoms with E-state index in [1.807, 2.05) is 13.8 Å². The number of hydrogen-bond donors (Lipinski definition) is 0. The summed E-state index contributed by atoms with van der Waals surface area (Å²) in [6.45, 7) is 6.20. The van der Waals surface area contributed by atoms with Crippen LogP contribution >= 0.6 is 0 Å². The van der Waals surface area contributed by atoms with E-state index < -0.39 is 0 Å². The first-order valence-corrected chi connectivity index (χ1v) is 4.49. The Hall–Kier alpha value is -0.0800. The van der Waals surface area contributed by atoms with Crippen molar-refractivity contribution in [2.75, 3.05) is 0 Å². The standard InChI is InChI=1S/C9H18O2/c1-7(2)10-9-6-4-5-8(3)11-9/h7-9H,4-6H2,1-3H3. The monoisotopic (exact) mass is 158 g/mol. The van der Waals surface area contributed by atoms with E-state index in [1.54, 1.807) is 0 Å². The van der Waals surface area contributed by atoms with Gasteiger partial charge in [0.05, 0.1) is 12.2 Å². The predicted octanol–water partition coefficient (Wildman–Crippen LogP) is 2.33. The van der Waals surface area contributed by atoms with Crippen LogP contribution in [0.1, 0.15) is 40.0 Å². The molecule has 0 bridgehead atoms. The van der Waals surface area contributed by atoms with Crippen molar-refractivity contribution in [3.8, 4) is 0 Å². The molecule has 0 aromatic rings. The molecule has 1 saturated heterocycles. The lowest BCUT2D eigenvalue weighted by Crippen LogP contribution is -2.29. The SMILES string of the molecule is CC(C)OC1CCCC(C)O1. The normalized spacial score (nSPS) is 32.7. The summed E-state index contributed by atoms with van der Waals surface area (Å²) in [7, 11) is 0. The van der Waals surface area contributed by atoms with Crippen molar-refractivity contribution >= 4 is 0 Å². The Labute approximate surface area is 68.9 Å². The van der Waals surface area contributed by atoms with Gasteiger partial charge in [-0.2, -0.15) is 0 Å². The van der Waals surface area contributed by atoms with Crippen LogP contribution in [0.2, 0.25) is 0 Å². The Morgan fingerprint density at radius 2 is 2.09 bits per heavy atom. The third-order valence-corrected chi connectivity index (χ3v) is 1.86. The molecule has 0 amide bonds. The molecule has 0 aliphatic carbocycles. The van der Waals surface area contributed by atoms with E-state index in [1.165, 1.54) is 12.8 Å². The van der Waals surface area contributed by atoms with E-state index in [4.69, 9.17) is 9.47 Å². The average Bonchev–Trinajstić information content (AvgIpc) is 1.85. The average molecular weight is 158 g/mol. The van der Waals surface area contributed by atoms with E-state index >= 15 is 0 Å². The van der Waals surface area contributed by atoms with Crippen LogP contribution in [0.15, 0.2) is 0 Å². The van der Waals surface area contributed by atoms with Gasteiger partial charge in [0.25, 0.3) is 0 Å². The molecule has 0 aromatic heterocycles. The van der Waals surface area contributed by atoms with Crippen molar-refractivity contribution in [2.24, 2.45) is 0 Å². The highest BCUT2D eigenvalue weighted by Gasteiger charge is 2.19. The molecule has 0 radical (unpaired) electrons. The van der Waals surface area contributed by atoms with Crippen LogP contribution in [-0.2, 0) is 9.47 Å². The number of ether oxygens (including phenoxy) is 2. The molecular weight excluding hydrogens is 140 g/mol. The second-order valence-corrected chi connectivity index (χ2v) is 3.49. The summed E-state index contributed by atoms with van der Waals surface area (Å²) in [6.07, 6.45) is 4.19. The van der Waals surface area contributed by atoms with Gasteiger partial charge in [0.15, 0.2) is 6.29 Å². The van der Waals surface area contributed by atoms with Crippen molar-refractivity contribution in [3.63, 3.8) is 0 Å². The number of rotatable bonds is 2. The minimum absolute atomic E-state index is 0.0544. The first-order valence-electron chi connectivity index (χ1n) is 4.49. The van der Waals surface area contributed by atoms with Gasteiger partial charge in [-0.1, -0.05) is 0 Å². The minimum Gasteiger partial charge on any atom is -0.350 e. The highest BCUT2D eigenvalue weighted by molar-refractivity contribution is 4.61. The summed E-state index contributed by atoms with van der Waals surface area (Å²) in [4.78, 5) is 0. The van der Waals surface area contributed by atoms with Crippen molar-refractivity contribution in [1.82, 2.24) is 0 Å². The molecule has 11 heavy (non-hydrogen) atoms. The Morgan fingerprint density at radius 3 is 2.64 bits per heavy atom. The maximum atomic E-state index is 5.57. The van der Waals surface area contributed by atoms with Crippen LogP contribution in [0.3, 0.4) is 0 Å². The molecule has 0 aromatic carbocycles. The van der Waals surface area contributed by atoms with Crippen LogP contribution in [-0.4, -0.2) is 18.5 Å². The lowest BCUT2D eigenvalue weighted by Gasteiger charge is -2.28. The molecular formula is C9H18O2. The highest BCUT2D eigenvalue weighted by Crippen LogP contribution is 2.20. The van der Waals surface area contributed by atoms with Gasteiger partial charge in [-0.3, -0.25) is 0 Å². The van der Waals surface area contributed by atoms with Crippen molar-refractivity contribution in [1.29, 1.82) is 0 Å². The lowest BCUT2D eigenvalue weighted by molar-refractivity contribution is -0.204. The van der Waals surface area contributed by atoms with Crippen LogP contribution in [0.25, 0.3) is 0 Å². The van der Waals surface area contributed by atoms with Gasteiger partial charge in [-0.05, 0) is 40.0 Å². The molecule has 2 unspecified atom stereocenters. The molecule has 1 heterocycles. The molecule has 66 valence electrons. The van der Waals surface area contributed by atoms with Crippen LogP contribution in [0.4, 0.5) is 0 Å². The second-order valence-electron chi connectivity index (χ2n) is 3.49. The van der Waals surface area contributed by atoms with Crippen LogP contribution in [0.5, 0.6) is 0 Å². The van der Waals surface area contributed by atoms with E-state index in [2.05, 4.69) is 6.92 Å². The van der Waals surface area contributed by atoms with Gasteiger partial charge in [0.2, 0.25) is 0 Å². The van der Waals surface area contributed by atoms with E-state index in [0.29, 0.717) is 6.10 Å². The molecule has 1 rings (SSSR count). The third kappa shape index (κ3) is 3.21. The van der Waals surface area contributed by atoms with Gasteiger partial charge in [0.1, 0.15) is 0 Å². The fourth-order valence-corrected chi connectivity index (χ4v) is 1.37. The zero-order valence-electron chi connectivity index (χ0n) is 7.67. The maximum absolute atomic E-state index is 5.57. The topological polar surface area (TPSA) is 18.5 Å². The minimum atomic E-state index is 0.0544. The van der Waals surface area contributed by atoms with Gasteiger partial charge in [-0.25, -0.2) is 0 Å². The zero-order valence-corrected chi connectivity index (χ0v) is 7.67. The molecule has 0 N–H and O–H groups in total. The summed E-state index contributed by atoms with van der Waals surface area (Å²) in [5.74, 6) is 0. The van der Waals surface area contributed by atoms with Gasteiger partial charge < -0.3 is 9.47 Å². The fraction of sp³-hybridized carbons (Fsp3) is 1.00. The Morgan fingerprint density at radius 1 is 1.36 bits per heavy atom. The Bertz CT molecular complexity index is 110. The molecule has 0 saturated carbocycles. The molecule has 1 aliphatic rings. The summed E-state index contributed by atoms with van der Waals surface area (Å²) < 4.78 is 11.1. The number of hydrogen-bond acceptors (Lipinski definition) is 2. The van der Waals surface area contributed by atoms with Gasteiger partial charge >= 0.3 is 0 Å². The lowest BCUT2D eigenvalue weighted by atomic mass is 10.1. The zero-order chi connectivity index (χ0) is 8.27. The van der Waals surface area contributed by atoms with Crippen LogP contribution < -0.4 is 0 Å². The van der Waals surface area contributed by atoms with Crippen LogP contribution in [0, 0.1) is 0 Å². The molecule has 2 heteroatoms. The smallest absolute Gasteiger partial charge is 0.158 e. The van der Waals surface area contributed by atoms with E-state index in [-0.39, 0.29) is 12.4 Å². The summed E-state index contributed by atoms with van der Waals surface area (Å²) in [5.41, 5.74) is 0. The summed E-state index contributed by atoms with van der Waals surface area (Å²) >= 11 is 0. The van der Waals surface area contributed by atoms with Gasteiger partial charge in [0, 0.05) is 0 Å². The molecule has 1 aliphatic heterocycles. The van der Waals surface area contributed by atoms with Crippen molar-refractivity contribution in [3.05, 3.63) is 0 Å². The third-order valence-electron chi connectivity index (χ3n) is 1.86. The van der Waals surface area contributed by atoms with Crippen molar-refractivity contribution in [2.45, 2.75) is 58.5 Å².